The summed E-state index contributed by atoms with van der Waals surface area (Å²) >= 11 is 1.48. The molecule has 1 heterocycles. The lowest BCUT2D eigenvalue weighted by Gasteiger charge is -2.20. The summed E-state index contributed by atoms with van der Waals surface area (Å²) in [6, 6.07) is 14.2. The number of hydrogen-bond donors (Lipinski definition) is 0. The normalized spacial score (nSPS) is 10.7. The average Bonchev–Trinajstić information content (AvgIpc) is 3.13. The Balaban J connectivity index is 1.55. The van der Waals surface area contributed by atoms with Crippen LogP contribution in [0.15, 0.2) is 53.9 Å². The van der Waals surface area contributed by atoms with Gasteiger partial charge in [0.25, 0.3) is 0 Å². The van der Waals surface area contributed by atoms with Crippen molar-refractivity contribution in [2.75, 3.05) is 6.54 Å². The second-order valence-corrected chi connectivity index (χ2v) is 7.49. The summed E-state index contributed by atoms with van der Waals surface area (Å²) in [6.45, 7) is 5.27. The second-order valence-electron chi connectivity index (χ2n) is 6.55. The number of nitrogens with zero attached hydrogens (tertiary/aromatic N) is 2. The van der Waals surface area contributed by atoms with Crippen LogP contribution in [0.5, 0.6) is 5.75 Å². The van der Waals surface area contributed by atoms with Crippen LogP contribution in [0.2, 0.25) is 0 Å². The van der Waals surface area contributed by atoms with Crippen LogP contribution in [0, 0.1) is 12.7 Å². The Labute approximate surface area is 168 Å². The molecule has 0 saturated heterocycles. The van der Waals surface area contributed by atoms with Crippen molar-refractivity contribution in [3.05, 3.63) is 81.6 Å². The first-order valence-corrected chi connectivity index (χ1v) is 10.1. The van der Waals surface area contributed by atoms with Gasteiger partial charge in [0.2, 0.25) is 5.91 Å². The van der Waals surface area contributed by atoms with E-state index in [9.17, 15) is 9.18 Å². The minimum absolute atomic E-state index is 0.0249. The Bertz CT molecular complexity index is 924. The summed E-state index contributed by atoms with van der Waals surface area (Å²) in [7, 11) is 0. The summed E-state index contributed by atoms with van der Waals surface area (Å²) in [5.74, 6) is 0.479. The van der Waals surface area contributed by atoms with Crippen LogP contribution in [0.3, 0.4) is 0 Å². The highest BCUT2D eigenvalue weighted by Gasteiger charge is 2.15. The van der Waals surface area contributed by atoms with Gasteiger partial charge in [-0.05, 0) is 43.7 Å². The van der Waals surface area contributed by atoms with Gasteiger partial charge >= 0.3 is 0 Å². The second kappa shape index (κ2) is 9.46. The highest BCUT2D eigenvalue weighted by molar-refractivity contribution is 7.09. The molecule has 146 valence electrons. The molecule has 0 aliphatic carbocycles. The van der Waals surface area contributed by atoms with E-state index < -0.39 is 0 Å². The van der Waals surface area contributed by atoms with Gasteiger partial charge in [0, 0.05) is 18.5 Å². The third-order valence-electron chi connectivity index (χ3n) is 4.31. The number of benzene rings is 2. The zero-order valence-electron chi connectivity index (χ0n) is 16.0. The van der Waals surface area contributed by atoms with E-state index in [0.717, 1.165) is 22.0 Å². The van der Waals surface area contributed by atoms with Gasteiger partial charge in [0.1, 0.15) is 23.2 Å². The molecule has 0 bridgehead atoms. The molecule has 0 aliphatic rings. The quantitative estimate of drug-likeness (QED) is 0.549. The Morgan fingerprint density at radius 3 is 2.71 bits per heavy atom. The van der Waals surface area contributed by atoms with Crippen LogP contribution in [0.4, 0.5) is 4.39 Å². The molecular weight excluding hydrogens is 375 g/mol. The smallest absolute Gasteiger partial charge is 0.228 e. The fourth-order valence-corrected chi connectivity index (χ4v) is 3.48. The molecule has 0 atom stereocenters. The van der Waals surface area contributed by atoms with Gasteiger partial charge in [-0.15, -0.1) is 11.3 Å². The number of ether oxygens (including phenoxy) is 1. The van der Waals surface area contributed by atoms with Crippen LogP contribution in [0.1, 0.15) is 28.8 Å². The standard InChI is InChI=1S/C22H23FN2O2S/c1-3-25(13-17-5-4-6-18(23)11-17)22(26)12-19-15-28-21(24-19)14-27-20-9-7-16(2)8-10-20/h4-11,15H,3,12-14H2,1-2H3. The predicted octanol–water partition coefficient (Wildman–Crippen LogP) is 4.76. The van der Waals surface area contributed by atoms with Crippen molar-refractivity contribution in [3.63, 3.8) is 0 Å². The van der Waals surface area contributed by atoms with E-state index in [1.165, 1.54) is 29.0 Å². The summed E-state index contributed by atoms with van der Waals surface area (Å²) in [6.07, 6.45) is 0.226. The highest BCUT2D eigenvalue weighted by Crippen LogP contribution is 2.17. The summed E-state index contributed by atoms with van der Waals surface area (Å²) < 4.78 is 19.1. The van der Waals surface area contributed by atoms with E-state index in [0.29, 0.717) is 19.7 Å². The van der Waals surface area contributed by atoms with Crippen molar-refractivity contribution >= 4 is 17.2 Å². The third kappa shape index (κ3) is 5.63. The minimum Gasteiger partial charge on any atom is -0.486 e. The molecular formula is C22H23FN2O2S. The Morgan fingerprint density at radius 1 is 1.21 bits per heavy atom. The van der Waals surface area contributed by atoms with E-state index in [-0.39, 0.29) is 18.1 Å². The predicted molar refractivity (Wildman–Crippen MR) is 109 cm³/mol. The maximum atomic E-state index is 13.4. The molecule has 4 nitrogen and oxygen atoms in total. The van der Waals surface area contributed by atoms with Gasteiger partial charge in [0.15, 0.2) is 0 Å². The molecule has 0 unspecified atom stereocenters. The number of carbonyl (C=O) groups excluding carboxylic acids is 1. The van der Waals surface area contributed by atoms with Crippen LogP contribution < -0.4 is 4.74 Å². The fourth-order valence-electron chi connectivity index (χ4n) is 2.77. The van der Waals surface area contributed by atoms with E-state index in [2.05, 4.69) is 4.98 Å². The topological polar surface area (TPSA) is 42.4 Å². The van der Waals surface area contributed by atoms with Crippen molar-refractivity contribution in [2.24, 2.45) is 0 Å². The molecule has 0 aliphatic heterocycles. The molecule has 0 spiro atoms. The maximum Gasteiger partial charge on any atom is 0.228 e. The lowest BCUT2D eigenvalue weighted by Crippen LogP contribution is -2.31. The number of amides is 1. The van der Waals surface area contributed by atoms with Gasteiger partial charge < -0.3 is 9.64 Å². The number of hydrogen-bond acceptors (Lipinski definition) is 4. The zero-order chi connectivity index (χ0) is 19.9. The van der Waals surface area contributed by atoms with Gasteiger partial charge in [-0.3, -0.25) is 4.79 Å². The molecule has 0 fully saturated rings. The van der Waals surface area contributed by atoms with Crippen LogP contribution in [-0.4, -0.2) is 22.3 Å². The van der Waals surface area contributed by atoms with Crippen molar-refractivity contribution in [2.45, 2.75) is 33.4 Å². The first-order chi connectivity index (χ1) is 13.5. The lowest BCUT2D eigenvalue weighted by atomic mass is 10.2. The van der Waals surface area contributed by atoms with Crippen molar-refractivity contribution in [3.8, 4) is 5.75 Å². The summed E-state index contributed by atoms with van der Waals surface area (Å²) in [5.41, 5.74) is 2.69. The number of halogens is 1. The number of aryl methyl sites for hydroxylation is 1. The van der Waals surface area contributed by atoms with E-state index in [1.54, 1.807) is 11.0 Å². The average molecular weight is 399 g/mol. The molecule has 1 aromatic heterocycles. The Morgan fingerprint density at radius 2 is 2.00 bits per heavy atom. The highest BCUT2D eigenvalue weighted by atomic mass is 32.1. The van der Waals surface area contributed by atoms with Gasteiger partial charge in [-0.2, -0.15) is 0 Å². The molecule has 0 N–H and O–H groups in total. The minimum atomic E-state index is -0.293. The van der Waals surface area contributed by atoms with Crippen molar-refractivity contribution < 1.29 is 13.9 Å². The lowest BCUT2D eigenvalue weighted by molar-refractivity contribution is -0.130. The van der Waals surface area contributed by atoms with Crippen molar-refractivity contribution in [1.82, 2.24) is 9.88 Å². The van der Waals surface area contributed by atoms with E-state index in [4.69, 9.17) is 4.74 Å². The number of likely N-dealkylation sites (N-methyl/N-ethyl adjacent to an activating group) is 1. The first kappa shape index (κ1) is 20.0. The zero-order valence-corrected chi connectivity index (χ0v) is 16.8. The van der Waals surface area contributed by atoms with E-state index in [1.807, 2.05) is 49.6 Å². The molecule has 6 heteroatoms. The molecule has 3 aromatic rings. The Kier molecular flexibility index (Phi) is 6.76. The Hall–Kier alpha value is -2.73. The molecule has 28 heavy (non-hydrogen) atoms. The van der Waals surface area contributed by atoms with Crippen LogP contribution >= 0.6 is 11.3 Å². The monoisotopic (exact) mass is 398 g/mol. The molecule has 3 rings (SSSR count). The van der Waals surface area contributed by atoms with E-state index >= 15 is 0 Å². The van der Waals surface area contributed by atoms with Gasteiger partial charge in [-0.1, -0.05) is 29.8 Å². The maximum absolute atomic E-state index is 13.4. The van der Waals surface area contributed by atoms with Gasteiger partial charge in [0.05, 0.1) is 12.1 Å². The first-order valence-electron chi connectivity index (χ1n) is 9.18. The molecule has 2 aromatic carbocycles. The number of aromatic nitrogens is 1. The fraction of sp³-hybridized carbons (Fsp3) is 0.273. The summed E-state index contributed by atoms with van der Waals surface area (Å²) in [5, 5.41) is 2.72. The number of rotatable bonds is 8. The SMILES string of the molecule is CCN(Cc1cccc(F)c1)C(=O)Cc1csc(COc2ccc(C)cc2)n1. The number of carbonyl (C=O) groups is 1. The van der Waals surface area contributed by atoms with Crippen molar-refractivity contribution in [1.29, 1.82) is 0 Å². The van der Waals surface area contributed by atoms with Crippen LogP contribution in [0.25, 0.3) is 0 Å². The molecule has 1 amide bonds. The molecule has 0 saturated carbocycles. The number of thiazole rings is 1. The molecule has 0 radical (unpaired) electrons. The third-order valence-corrected chi connectivity index (χ3v) is 5.18. The largest absolute Gasteiger partial charge is 0.486 e. The van der Waals surface area contributed by atoms with Gasteiger partial charge in [-0.25, -0.2) is 9.37 Å². The van der Waals surface area contributed by atoms with Crippen LogP contribution in [-0.2, 0) is 24.4 Å². The summed E-state index contributed by atoms with van der Waals surface area (Å²) in [4.78, 5) is 18.8.